The van der Waals surface area contributed by atoms with Crippen molar-refractivity contribution in [2.45, 2.75) is 46.1 Å². The number of sulfone groups is 1. The van der Waals surface area contributed by atoms with Gasteiger partial charge in [0, 0.05) is 24.1 Å². The van der Waals surface area contributed by atoms with Crippen LogP contribution in [0, 0.1) is 17.3 Å². The first-order chi connectivity index (χ1) is 12.7. The molecule has 2 N–H and O–H groups in total. The number of anilines is 1. The number of hydrogen-bond acceptors (Lipinski definition) is 4. The zero-order chi connectivity index (χ0) is 19.7. The highest BCUT2D eigenvalue weighted by Gasteiger charge is 2.59. The quantitative estimate of drug-likeness (QED) is 0.778. The van der Waals surface area contributed by atoms with E-state index in [-0.39, 0.29) is 40.6 Å². The molecule has 1 heterocycles. The Bertz CT molecular complexity index is 820. The van der Waals surface area contributed by atoms with Gasteiger partial charge < -0.3 is 10.6 Å². The topological polar surface area (TPSA) is 92.3 Å². The van der Waals surface area contributed by atoms with E-state index in [9.17, 15) is 18.0 Å². The Labute approximate surface area is 161 Å². The van der Waals surface area contributed by atoms with Gasteiger partial charge in [-0.05, 0) is 48.8 Å². The van der Waals surface area contributed by atoms with Gasteiger partial charge >= 0.3 is 0 Å². The van der Waals surface area contributed by atoms with Gasteiger partial charge in [-0.25, -0.2) is 8.42 Å². The molecule has 7 heteroatoms. The third-order valence-electron chi connectivity index (χ3n) is 6.05. The van der Waals surface area contributed by atoms with Crippen LogP contribution >= 0.6 is 0 Å². The molecule has 1 aromatic rings. The second-order valence-electron chi connectivity index (χ2n) is 7.99. The van der Waals surface area contributed by atoms with Gasteiger partial charge in [-0.1, -0.05) is 26.0 Å². The molecule has 1 saturated heterocycles. The van der Waals surface area contributed by atoms with Crippen LogP contribution in [-0.4, -0.2) is 31.7 Å². The summed E-state index contributed by atoms with van der Waals surface area (Å²) in [5.41, 5.74) is 1.56. The third kappa shape index (κ3) is 4.69. The van der Waals surface area contributed by atoms with Crippen molar-refractivity contribution < 1.29 is 18.0 Å². The maximum absolute atomic E-state index is 12.5. The van der Waals surface area contributed by atoms with Gasteiger partial charge in [-0.2, -0.15) is 0 Å². The Kier molecular flexibility index (Phi) is 5.60. The monoisotopic (exact) mass is 392 g/mol. The van der Waals surface area contributed by atoms with E-state index in [2.05, 4.69) is 10.6 Å². The molecule has 3 rings (SSSR count). The summed E-state index contributed by atoms with van der Waals surface area (Å²) in [7, 11) is -2.91. The van der Waals surface area contributed by atoms with Crippen LogP contribution in [0.25, 0.3) is 0 Å². The molecule has 1 aliphatic carbocycles. The number of carbonyl (C=O) groups excluding carboxylic acids is 2. The van der Waals surface area contributed by atoms with Crippen LogP contribution in [-0.2, 0) is 26.0 Å². The predicted octanol–water partition coefficient (Wildman–Crippen LogP) is 2.50. The SMILES string of the molecule is CC[C@@H](C)C(=O)Nc1cccc(CNC(=O)[C@@H]2CC23CCS(=O)(=O)CC3)c1. The average Bonchev–Trinajstić information content (AvgIpc) is 3.36. The van der Waals surface area contributed by atoms with Crippen molar-refractivity contribution in [3.63, 3.8) is 0 Å². The average molecular weight is 393 g/mol. The molecular weight excluding hydrogens is 364 g/mol. The van der Waals surface area contributed by atoms with Crippen LogP contribution in [0.1, 0.15) is 45.1 Å². The lowest BCUT2D eigenvalue weighted by Crippen LogP contribution is -2.31. The van der Waals surface area contributed by atoms with Gasteiger partial charge in [0.15, 0.2) is 0 Å². The Hall–Kier alpha value is -1.89. The molecule has 0 unspecified atom stereocenters. The van der Waals surface area contributed by atoms with E-state index < -0.39 is 9.84 Å². The molecule has 148 valence electrons. The second kappa shape index (κ2) is 7.62. The van der Waals surface area contributed by atoms with E-state index in [1.165, 1.54) is 0 Å². The predicted molar refractivity (Wildman–Crippen MR) is 105 cm³/mol. The van der Waals surface area contributed by atoms with Crippen LogP contribution < -0.4 is 10.6 Å². The summed E-state index contributed by atoms with van der Waals surface area (Å²) in [5.74, 6) is 0.290. The fourth-order valence-corrected chi connectivity index (χ4v) is 5.38. The number of nitrogens with one attached hydrogen (secondary N) is 2. The fourth-order valence-electron chi connectivity index (χ4n) is 3.74. The minimum atomic E-state index is -2.91. The molecule has 1 aromatic carbocycles. The molecule has 1 aliphatic heterocycles. The molecule has 27 heavy (non-hydrogen) atoms. The Morgan fingerprint density at radius 1 is 1.26 bits per heavy atom. The molecule has 0 bridgehead atoms. The van der Waals surface area contributed by atoms with E-state index >= 15 is 0 Å². The van der Waals surface area contributed by atoms with Crippen molar-refractivity contribution in [3.05, 3.63) is 29.8 Å². The summed E-state index contributed by atoms with van der Waals surface area (Å²) in [6, 6.07) is 7.48. The Morgan fingerprint density at radius 2 is 1.96 bits per heavy atom. The fraction of sp³-hybridized carbons (Fsp3) is 0.600. The van der Waals surface area contributed by atoms with Crippen molar-refractivity contribution in [3.8, 4) is 0 Å². The smallest absolute Gasteiger partial charge is 0.227 e. The van der Waals surface area contributed by atoms with Gasteiger partial charge in [-0.3, -0.25) is 9.59 Å². The standard InChI is InChI=1S/C20H28N2O4S/c1-3-14(2)18(23)22-16-6-4-5-15(11-16)13-21-19(24)17-12-20(17)7-9-27(25,26)10-8-20/h4-6,11,14,17H,3,7-10,12-13H2,1-2H3,(H,21,24)(H,22,23)/t14-,17+/m1/s1. The minimum absolute atomic E-state index is 0.00309. The molecule has 1 spiro atoms. The van der Waals surface area contributed by atoms with E-state index in [1.54, 1.807) is 0 Å². The molecule has 2 fully saturated rings. The Morgan fingerprint density at radius 3 is 2.63 bits per heavy atom. The lowest BCUT2D eigenvalue weighted by molar-refractivity contribution is -0.123. The number of amides is 2. The van der Waals surface area contributed by atoms with Gasteiger partial charge in [0.05, 0.1) is 11.5 Å². The maximum atomic E-state index is 12.5. The summed E-state index contributed by atoms with van der Waals surface area (Å²) in [4.78, 5) is 24.5. The molecular formula is C20H28N2O4S. The largest absolute Gasteiger partial charge is 0.352 e. The molecule has 2 amide bonds. The summed E-state index contributed by atoms with van der Waals surface area (Å²) < 4.78 is 23.2. The number of carbonyl (C=O) groups is 2. The van der Waals surface area contributed by atoms with Crippen LogP contribution in [0.3, 0.4) is 0 Å². The lowest BCUT2D eigenvalue weighted by atomic mass is 9.96. The van der Waals surface area contributed by atoms with Gasteiger partial charge in [0.25, 0.3) is 0 Å². The van der Waals surface area contributed by atoms with Gasteiger partial charge in [-0.15, -0.1) is 0 Å². The molecule has 0 aromatic heterocycles. The zero-order valence-electron chi connectivity index (χ0n) is 16.0. The Balaban J connectivity index is 1.51. The summed E-state index contributed by atoms with van der Waals surface area (Å²) in [6.45, 7) is 4.26. The van der Waals surface area contributed by atoms with Crippen molar-refractivity contribution in [1.82, 2.24) is 5.32 Å². The highest BCUT2D eigenvalue weighted by atomic mass is 32.2. The minimum Gasteiger partial charge on any atom is -0.352 e. The van der Waals surface area contributed by atoms with E-state index in [4.69, 9.17) is 0 Å². The summed E-state index contributed by atoms with van der Waals surface area (Å²) in [6.07, 6.45) is 2.78. The first-order valence-corrected chi connectivity index (χ1v) is 11.4. The second-order valence-corrected chi connectivity index (χ2v) is 10.3. The van der Waals surface area contributed by atoms with E-state index in [0.717, 1.165) is 24.1 Å². The first-order valence-electron chi connectivity index (χ1n) is 9.63. The molecule has 2 aliphatic rings. The van der Waals surface area contributed by atoms with Crippen molar-refractivity contribution in [2.24, 2.45) is 17.3 Å². The number of benzene rings is 1. The summed E-state index contributed by atoms with van der Waals surface area (Å²) >= 11 is 0. The molecule has 1 saturated carbocycles. The highest BCUT2D eigenvalue weighted by molar-refractivity contribution is 7.91. The van der Waals surface area contributed by atoms with Crippen molar-refractivity contribution in [2.75, 3.05) is 16.8 Å². The van der Waals surface area contributed by atoms with Crippen LogP contribution in [0.5, 0.6) is 0 Å². The maximum Gasteiger partial charge on any atom is 0.227 e. The molecule has 6 nitrogen and oxygen atoms in total. The normalized spacial score (nSPS) is 23.4. The lowest BCUT2D eigenvalue weighted by Gasteiger charge is -2.22. The highest BCUT2D eigenvalue weighted by Crippen LogP contribution is 2.59. The van der Waals surface area contributed by atoms with Gasteiger partial charge in [0.1, 0.15) is 9.84 Å². The van der Waals surface area contributed by atoms with E-state index in [0.29, 0.717) is 19.4 Å². The van der Waals surface area contributed by atoms with Crippen molar-refractivity contribution in [1.29, 1.82) is 0 Å². The van der Waals surface area contributed by atoms with Crippen LogP contribution in [0.15, 0.2) is 24.3 Å². The summed E-state index contributed by atoms with van der Waals surface area (Å²) in [5, 5.41) is 5.87. The molecule has 2 atom stereocenters. The van der Waals surface area contributed by atoms with Crippen LogP contribution in [0.2, 0.25) is 0 Å². The third-order valence-corrected chi connectivity index (χ3v) is 7.70. The van der Waals surface area contributed by atoms with Crippen LogP contribution in [0.4, 0.5) is 5.69 Å². The first kappa shape index (κ1) is 19.9. The number of rotatable bonds is 6. The van der Waals surface area contributed by atoms with Gasteiger partial charge in [0.2, 0.25) is 11.8 Å². The van der Waals surface area contributed by atoms with Crippen molar-refractivity contribution >= 4 is 27.3 Å². The zero-order valence-corrected chi connectivity index (χ0v) is 16.8. The molecule has 0 radical (unpaired) electrons. The number of hydrogen-bond donors (Lipinski definition) is 2. The van der Waals surface area contributed by atoms with E-state index in [1.807, 2.05) is 38.1 Å².